The fourth-order valence-corrected chi connectivity index (χ4v) is 5.48. The molecule has 31 heavy (non-hydrogen) atoms. The van der Waals surface area contributed by atoms with Crippen molar-refractivity contribution < 1.29 is 9.59 Å². The van der Waals surface area contributed by atoms with Crippen molar-refractivity contribution >= 4 is 58.2 Å². The number of hydrogen-bond acceptors (Lipinski definition) is 4. The first-order valence-corrected chi connectivity index (χ1v) is 11.2. The van der Waals surface area contributed by atoms with Crippen LogP contribution in [0.4, 0.5) is 11.4 Å². The van der Waals surface area contributed by atoms with Crippen LogP contribution in [0.2, 0.25) is 10.0 Å². The molecule has 3 aromatic rings. The van der Waals surface area contributed by atoms with Crippen LogP contribution in [0.3, 0.4) is 0 Å². The summed E-state index contributed by atoms with van der Waals surface area (Å²) in [6, 6.07) is 19.6. The Bertz CT molecular complexity index is 1290. The molecule has 2 heterocycles. The first kappa shape index (κ1) is 20.2. The zero-order chi connectivity index (χ0) is 21.7. The minimum atomic E-state index is -0.595. The number of carbonyl (C=O) groups excluding carboxylic acids is 2. The number of nitrogens with one attached hydrogen (secondary N) is 1. The number of para-hydroxylation sites is 1. The highest BCUT2D eigenvalue weighted by Crippen LogP contribution is 2.49. The number of nitrogens with zero attached hydrogens (tertiary/aromatic N) is 1. The third-order valence-corrected chi connectivity index (χ3v) is 7.03. The van der Waals surface area contributed by atoms with Crippen molar-refractivity contribution in [1.82, 2.24) is 0 Å². The molecule has 0 unspecified atom stereocenters. The smallest absolute Gasteiger partial charge is 0.272 e. The highest BCUT2D eigenvalue weighted by Gasteiger charge is 2.45. The molecule has 1 atom stereocenters. The van der Waals surface area contributed by atoms with E-state index in [9.17, 15) is 9.59 Å². The lowest BCUT2D eigenvalue weighted by Gasteiger charge is -2.23. The Labute approximate surface area is 193 Å². The van der Waals surface area contributed by atoms with Gasteiger partial charge < -0.3 is 5.32 Å². The molecule has 0 spiro atoms. The van der Waals surface area contributed by atoms with Gasteiger partial charge in [0, 0.05) is 20.6 Å². The van der Waals surface area contributed by atoms with Crippen LogP contribution in [0.1, 0.15) is 17.2 Å². The van der Waals surface area contributed by atoms with E-state index in [2.05, 4.69) is 5.32 Å². The highest BCUT2D eigenvalue weighted by molar-refractivity contribution is 8.04. The van der Waals surface area contributed by atoms with Crippen molar-refractivity contribution in [2.75, 3.05) is 10.2 Å². The second-order valence-corrected chi connectivity index (χ2v) is 9.26. The first-order chi connectivity index (χ1) is 14.9. The third kappa shape index (κ3) is 3.43. The van der Waals surface area contributed by atoms with Gasteiger partial charge in [0.25, 0.3) is 11.8 Å². The number of carbonyl (C=O) groups is 2. The molecule has 0 saturated carbocycles. The Morgan fingerprint density at radius 1 is 0.935 bits per heavy atom. The van der Waals surface area contributed by atoms with Gasteiger partial charge in [-0.3, -0.25) is 9.59 Å². The minimum absolute atomic E-state index is 0.329. The van der Waals surface area contributed by atoms with Crippen LogP contribution in [0, 0.1) is 6.92 Å². The molecule has 154 valence electrons. The zero-order valence-corrected chi connectivity index (χ0v) is 18.7. The maximum Gasteiger partial charge on any atom is 0.272 e. The number of halogens is 2. The van der Waals surface area contributed by atoms with E-state index in [0.717, 1.165) is 16.1 Å². The largest absolute Gasteiger partial charge is 0.373 e. The van der Waals surface area contributed by atoms with Crippen molar-refractivity contribution in [2.45, 2.75) is 17.9 Å². The topological polar surface area (TPSA) is 49.4 Å². The standard InChI is InChI=1S/C24H16Cl2N2O2S/c1-13-5-4-6-15(11-13)28-23(29)20-21(16-10-9-14(25)12-17(16)26)27-18-7-2-3-8-19(18)31-22(20)24(28)30/h2-12,21,27H,1H3/t21-/m0/s1. The molecule has 0 bridgehead atoms. The molecule has 0 fully saturated rings. The van der Waals surface area contributed by atoms with Gasteiger partial charge in [-0.1, -0.05) is 65.3 Å². The van der Waals surface area contributed by atoms with Gasteiger partial charge in [-0.25, -0.2) is 4.90 Å². The van der Waals surface area contributed by atoms with Gasteiger partial charge in [0.2, 0.25) is 0 Å². The summed E-state index contributed by atoms with van der Waals surface area (Å²) in [6.45, 7) is 1.93. The highest BCUT2D eigenvalue weighted by atomic mass is 35.5. The molecule has 0 saturated heterocycles. The number of aryl methyl sites for hydroxylation is 1. The number of thioether (sulfide) groups is 1. The maximum atomic E-state index is 13.7. The van der Waals surface area contributed by atoms with Crippen LogP contribution in [-0.4, -0.2) is 11.8 Å². The Morgan fingerprint density at radius 3 is 2.52 bits per heavy atom. The van der Waals surface area contributed by atoms with Gasteiger partial charge in [-0.15, -0.1) is 0 Å². The van der Waals surface area contributed by atoms with Crippen molar-refractivity contribution in [3.8, 4) is 0 Å². The number of rotatable bonds is 2. The summed E-state index contributed by atoms with van der Waals surface area (Å²) in [5.41, 5.74) is 3.42. The molecular formula is C24H16Cl2N2O2S. The van der Waals surface area contributed by atoms with Gasteiger partial charge in [0.15, 0.2) is 0 Å². The van der Waals surface area contributed by atoms with E-state index >= 15 is 0 Å². The van der Waals surface area contributed by atoms with Crippen molar-refractivity contribution in [1.29, 1.82) is 0 Å². The van der Waals surface area contributed by atoms with Crippen LogP contribution in [0.15, 0.2) is 82.1 Å². The van der Waals surface area contributed by atoms with E-state index in [1.807, 2.05) is 49.4 Å². The predicted molar refractivity (Wildman–Crippen MR) is 126 cm³/mol. The molecule has 2 amide bonds. The van der Waals surface area contributed by atoms with Gasteiger partial charge >= 0.3 is 0 Å². The summed E-state index contributed by atoms with van der Waals surface area (Å²) < 4.78 is 0. The number of imide groups is 1. The minimum Gasteiger partial charge on any atom is -0.373 e. The lowest BCUT2D eigenvalue weighted by atomic mass is 9.98. The lowest BCUT2D eigenvalue weighted by molar-refractivity contribution is -0.120. The number of anilines is 2. The summed E-state index contributed by atoms with van der Waals surface area (Å²) in [6.07, 6.45) is 0. The third-order valence-electron chi connectivity index (χ3n) is 5.30. The SMILES string of the molecule is Cc1cccc(N2C(=O)C3=C(C2=O)[C@H](c2ccc(Cl)cc2Cl)Nc2ccccc2S3)c1. The van der Waals surface area contributed by atoms with Gasteiger partial charge in [0.1, 0.15) is 0 Å². The van der Waals surface area contributed by atoms with Crippen LogP contribution in [0.5, 0.6) is 0 Å². The summed E-state index contributed by atoms with van der Waals surface area (Å²) in [4.78, 5) is 29.7. The van der Waals surface area contributed by atoms with Gasteiger partial charge in [0.05, 0.1) is 22.2 Å². The van der Waals surface area contributed by atoms with E-state index in [-0.39, 0.29) is 11.8 Å². The van der Waals surface area contributed by atoms with E-state index in [1.165, 1.54) is 16.7 Å². The molecule has 2 aliphatic rings. The molecule has 0 aromatic heterocycles. The summed E-state index contributed by atoms with van der Waals surface area (Å²) in [7, 11) is 0. The second kappa shape index (κ2) is 7.75. The monoisotopic (exact) mass is 466 g/mol. The fraction of sp³-hybridized carbons (Fsp3) is 0.0833. The van der Waals surface area contributed by atoms with Crippen LogP contribution >= 0.6 is 35.0 Å². The Kier molecular flexibility index (Phi) is 5.05. The quantitative estimate of drug-likeness (QED) is 0.444. The van der Waals surface area contributed by atoms with Crippen molar-refractivity contribution in [2.24, 2.45) is 0 Å². The lowest BCUT2D eigenvalue weighted by Crippen LogP contribution is -2.33. The number of fused-ring (bicyclic) bond motifs is 1. The van der Waals surface area contributed by atoms with Gasteiger partial charge in [-0.05, 0) is 54.4 Å². The maximum absolute atomic E-state index is 13.7. The van der Waals surface area contributed by atoms with Crippen molar-refractivity contribution in [3.05, 3.63) is 98.4 Å². The molecule has 0 aliphatic carbocycles. The van der Waals surface area contributed by atoms with Crippen LogP contribution in [-0.2, 0) is 9.59 Å². The van der Waals surface area contributed by atoms with E-state index in [0.29, 0.717) is 31.8 Å². The van der Waals surface area contributed by atoms with Crippen LogP contribution in [0.25, 0.3) is 0 Å². The average molecular weight is 467 g/mol. The van der Waals surface area contributed by atoms with Gasteiger partial charge in [-0.2, -0.15) is 0 Å². The Hall–Kier alpha value is -2.73. The van der Waals surface area contributed by atoms with Crippen LogP contribution < -0.4 is 10.2 Å². The predicted octanol–water partition coefficient (Wildman–Crippen LogP) is 6.39. The van der Waals surface area contributed by atoms with E-state index in [4.69, 9.17) is 23.2 Å². The molecule has 3 aromatic carbocycles. The van der Waals surface area contributed by atoms with E-state index < -0.39 is 6.04 Å². The molecular weight excluding hydrogens is 451 g/mol. The second-order valence-electron chi connectivity index (χ2n) is 7.37. The summed E-state index contributed by atoms with van der Waals surface area (Å²) in [5.74, 6) is -0.682. The fourth-order valence-electron chi connectivity index (χ4n) is 3.86. The number of amides is 2. The number of hydrogen-bond donors (Lipinski definition) is 1. The average Bonchev–Trinajstić information content (AvgIpc) is 2.87. The molecule has 0 radical (unpaired) electrons. The molecule has 7 heteroatoms. The summed E-state index contributed by atoms with van der Waals surface area (Å²) >= 11 is 13.9. The number of benzene rings is 3. The summed E-state index contributed by atoms with van der Waals surface area (Å²) in [5, 5.41) is 4.36. The molecule has 4 nitrogen and oxygen atoms in total. The van der Waals surface area contributed by atoms with Crippen molar-refractivity contribution in [3.63, 3.8) is 0 Å². The normalized spacial score (nSPS) is 17.9. The molecule has 1 N–H and O–H groups in total. The van der Waals surface area contributed by atoms with E-state index in [1.54, 1.807) is 24.3 Å². The molecule has 2 aliphatic heterocycles. The first-order valence-electron chi connectivity index (χ1n) is 9.62. The Balaban J connectivity index is 1.69. The Morgan fingerprint density at radius 2 is 1.74 bits per heavy atom. The molecule has 5 rings (SSSR count). The zero-order valence-electron chi connectivity index (χ0n) is 16.4.